The van der Waals surface area contributed by atoms with E-state index in [1.165, 1.54) is 12.8 Å². The van der Waals surface area contributed by atoms with Crippen LogP contribution in [0, 0.1) is 0 Å². The first kappa shape index (κ1) is 19.8. The molecule has 1 unspecified atom stereocenters. The van der Waals surface area contributed by atoms with Crippen molar-refractivity contribution in [1.29, 1.82) is 0 Å². The molecule has 0 aromatic heterocycles. The molecule has 1 N–H and O–H groups in total. The number of hydrogen-bond donors (Lipinski definition) is 1. The van der Waals surface area contributed by atoms with Crippen LogP contribution in [0.5, 0.6) is 11.5 Å². The summed E-state index contributed by atoms with van der Waals surface area (Å²) in [6.45, 7) is 2.63. The number of hydrogen-bond acceptors (Lipinski definition) is 6. The predicted octanol–water partition coefficient (Wildman–Crippen LogP) is 2.84. The summed E-state index contributed by atoms with van der Waals surface area (Å²) in [4.78, 5) is 31.8. The van der Waals surface area contributed by atoms with Crippen LogP contribution in [0.3, 0.4) is 0 Å². The number of nitrogens with one attached hydrogen (secondary N) is 1. The zero-order valence-electron chi connectivity index (χ0n) is 17.0. The smallest absolute Gasteiger partial charge is 0.261 e. The van der Waals surface area contributed by atoms with E-state index in [4.69, 9.17) is 14.3 Å². The van der Waals surface area contributed by atoms with E-state index in [0.717, 1.165) is 18.4 Å². The first-order chi connectivity index (χ1) is 14.0. The van der Waals surface area contributed by atoms with E-state index in [1.807, 2.05) is 18.2 Å². The average Bonchev–Trinajstić information content (AvgIpc) is 3.38. The van der Waals surface area contributed by atoms with Crippen LogP contribution >= 0.6 is 0 Å². The normalized spacial score (nSPS) is 25.0. The number of ketones is 1. The number of Topliss-reactive ketones (excluding diaryl/α,β-unsaturated/α-hetero) is 1. The fourth-order valence-electron chi connectivity index (χ4n) is 4.14. The summed E-state index contributed by atoms with van der Waals surface area (Å²) in [5, 5.41) is 0. The summed E-state index contributed by atoms with van der Waals surface area (Å²) < 4.78 is 11.6. The van der Waals surface area contributed by atoms with Gasteiger partial charge in [0.25, 0.3) is 5.91 Å². The number of ether oxygens (including phenoxy) is 2. The Bertz CT molecular complexity index is 820. The molecule has 0 radical (unpaired) electrons. The van der Waals surface area contributed by atoms with Crippen LogP contribution in [0.15, 0.2) is 24.3 Å². The zero-order valence-corrected chi connectivity index (χ0v) is 17.0. The molecule has 2 fully saturated rings. The summed E-state index contributed by atoms with van der Waals surface area (Å²) in [5.41, 5.74) is 3.37. The number of rotatable bonds is 5. The monoisotopic (exact) mass is 400 g/mol. The minimum atomic E-state index is -1.11. The van der Waals surface area contributed by atoms with Gasteiger partial charge in [0.1, 0.15) is 5.78 Å². The molecular formula is C22H28N2O5. The fraction of sp³-hybridized carbons (Fsp3) is 0.545. The van der Waals surface area contributed by atoms with Crippen LogP contribution in [0.1, 0.15) is 51.0 Å². The molecule has 1 saturated carbocycles. The molecule has 3 aliphatic rings. The quantitative estimate of drug-likeness (QED) is 0.819. The van der Waals surface area contributed by atoms with E-state index < -0.39 is 5.60 Å². The maximum atomic E-state index is 13.0. The largest absolute Gasteiger partial charge is 0.493 e. The fourth-order valence-corrected chi connectivity index (χ4v) is 4.14. The molecule has 1 aliphatic carbocycles. The molecule has 156 valence electrons. The van der Waals surface area contributed by atoms with Crippen molar-refractivity contribution < 1.29 is 23.9 Å². The highest BCUT2D eigenvalue weighted by atomic mass is 16.7. The molecule has 7 nitrogen and oxygen atoms in total. The lowest BCUT2D eigenvalue weighted by molar-refractivity contribution is -0.154. The van der Waals surface area contributed by atoms with Crippen LogP contribution < -0.4 is 15.0 Å². The summed E-state index contributed by atoms with van der Waals surface area (Å²) in [6, 6.07) is 5.71. The maximum Gasteiger partial charge on any atom is 0.261 e. The van der Waals surface area contributed by atoms with Gasteiger partial charge < -0.3 is 14.4 Å². The number of nitrogens with zero attached hydrogens (tertiary/aromatic N) is 1. The van der Waals surface area contributed by atoms with Gasteiger partial charge in [-0.25, -0.2) is 0 Å². The lowest BCUT2D eigenvalue weighted by Gasteiger charge is -2.31. The standard InChI is InChI=1S/C22H28N2O5/c1-22(21(26)24-11-9-16(25)10-12-24)14-18(23-29-22)15-7-8-19(27-2)20(13-15)28-17-5-3-4-6-17/h7-8,13-14,17,23H,3-6,9-12H2,1-2H3. The third-order valence-electron chi connectivity index (χ3n) is 5.90. The van der Waals surface area contributed by atoms with Crippen molar-refractivity contribution in [1.82, 2.24) is 10.4 Å². The van der Waals surface area contributed by atoms with Gasteiger partial charge in [-0.05, 0) is 56.9 Å². The maximum absolute atomic E-state index is 13.0. The van der Waals surface area contributed by atoms with Crippen LogP contribution in [-0.4, -0.2) is 48.5 Å². The number of hydroxylamine groups is 1. The molecule has 1 aromatic carbocycles. The minimum Gasteiger partial charge on any atom is -0.493 e. The number of carbonyl (C=O) groups excluding carboxylic acids is 2. The second-order valence-electron chi connectivity index (χ2n) is 8.09. The highest BCUT2D eigenvalue weighted by molar-refractivity contribution is 5.92. The van der Waals surface area contributed by atoms with Gasteiger partial charge in [0.2, 0.25) is 0 Å². The second-order valence-corrected chi connectivity index (χ2v) is 8.09. The Morgan fingerprint density at radius 1 is 1.21 bits per heavy atom. The van der Waals surface area contributed by atoms with Crippen LogP contribution in [0.25, 0.3) is 5.70 Å². The molecule has 29 heavy (non-hydrogen) atoms. The van der Waals surface area contributed by atoms with Gasteiger partial charge in [-0.1, -0.05) is 0 Å². The predicted molar refractivity (Wildman–Crippen MR) is 107 cm³/mol. The Morgan fingerprint density at radius 3 is 2.62 bits per heavy atom. The topological polar surface area (TPSA) is 77.1 Å². The first-order valence-corrected chi connectivity index (χ1v) is 10.3. The molecule has 7 heteroatoms. The lowest BCUT2D eigenvalue weighted by atomic mass is 9.99. The highest BCUT2D eigenvalue weighted by Crippen LogP contribution is 2.36. The molecule has 1 saturated heterocycles. The highest BCUT2D eigenvalue weighted by Gasteiger charge is 2.42. The number of likely N-dealkylation sites (tertiary alicyclic amines) is 1. The number of piperidine rings is 1. The molecule has 4 rings (SSSR count). The van der Waals surface area contributed by atoms with E-state index in [9.17, 15) is 9.59 Å². The van der Waals surface area contributed by atoms with E-state index in [1.54, 1.807) is 25.0 Å². The molecule has 2 heterocycles. The Kier molecular flexibility index (Phi) is 5.50. The molecule has 1 aromatic rings. The minimum absolute atomic E-state index is 0.136. The molecule has 0 spiro atoms. The van der Waals surface area contributed by atoms with Gasteiger partial charge in [-0.3, -0.25) is 19.9 Å². The van der Waals surface area contributed by atoms with E-state index in [-0.39, 0.29) is 17.8 Å². The SMILES string of the molecule is COc1ccc(C2=CC(C)(C(=O)N3CCC(=O)CC3)ON2)cc1OC1CCCC1. The number of benzene rings is 1. The summed E-state index contributed by atoms with van der Waals surface area (Å²) in [5.74, 6) is 1.46. The van der Waals surface area contributed by atoms with Crippen molar-refractivity contribution in [2.75, 3.05) is 20.2 Å². The van der Waals surface area contributed by atoms with Crippen LogP contribution in [0.2, 0.25) is 0 Å². The van der Waals surface area contributed by atoms with E-state index in [2.05, 4.69) is 5.48 Å². The van der Waals surface area contributed by atoms with Crippen molar-refractivity contribution in [3.63, 3.8) is 0 Å². The molecule has 1 atom stereocenters. The molecule has 1 amide bonds. The lowest BCUT2D eigenvalue weighted by Crippen LogP contribution is -2.50. The second kappa shape index (κ2) is 8.06. The summed E-state index contributed by atoms with van der Waals surface area (Å²) in [7, 11) is 1.63. The third-order valence-corrected chi connectivity index (χ3v) is 5.90. The van der Waals surface area contributed by atoms with Crippen molar-refractivity contribution in [2.45, 2.75) is 57.2 Å². The molecule has 0 bridgehead atoms. The molecule has 2 aliphatic heterocycles. The van der Waals surface area contributed by atoms with E-state index >= 15 is 0 Å². The first-order valence-electron chi connectivity index (χ1n) is 10.3. The molecular weight excluding hydrogens is 372 g/mol. The van der Waals surface area contributed by atoms with Gasteiger partial charge in [0.15, 0.2) is 17.1 Å². The Hall–Kier alpha value is -2.54. The zero-order chi connectivity index (χ0) is 20.4. The Morgan fingerprint density at radius 2 is 1.93 bits per heavy atom. The summed E-state index contributed by atoms with van der Waals surface area (Å²) >= 11 is 0. The van der Waals surface area contributed by atoms with Gasteiger partial charge in [-0.15, -0.1) is 0 Å². The Labute approximate surface area is 170 Å². The van der Waals surface area contributed by atoms with E-state index in [0.29, 0.717) is 43.1 Å². The van der Waals surface area contributed by atoms with Gasteiger partial charge in [0, 0.05) is 31.5 Å². The van der Waals surface area contributed by atoms with Crippen molar-refractivity contribution in [2.24, 2.45) is 0 Å². The number of carbonyl (C=O) groups is 2. The van der Waals surface area contributed by atoms with Crippen LogP contribution in [-0.2, 0) is 14.4 Å². The van der Waals surface area contributed by atoms with Gasteiger partial charge >= 0.3 is 0 Å². The van der Waals surface area contributed by atoms with Crippen LogP contribution in [0.4, 0.5) is 0 Å². The van der Waals surface area contributed by atoms with Crippen molar-refractivity contribution in [3.05, 3.63) is 29.8 Å². The summed E-state index contributed by atoms with van der Waals surface area (Å²) in [6.07, 6.45) is 7.33. The number of amides is 1. The van der Waals surface area contributed by atoms with Gasteiger partial charge in [-0.2, -0.15) is 0 Å². The van der Waals surface area contributed by atoms with Crippen molar-refractivity contribution in [3.8, 4) is 11.5 Å². The Balaban J connectivity index is 1.53. The van der Waals surface area contributed by atoms with Gasteiger partial charge in [0.05, 0.1) is 18.9 Å². The third kappa shape index (κ3) is 4.10. The number of methoxy groups -OCH3 is 1. The van der Waals surface area contributed by atoms with Crippen molar-refractivity contribution >= 4 is 17.4 Å². The average molecular weight is 400 g/mol.